The zero-order valence-electron chi connectivity index (χ0n) is 8.96. The molecular formula is C10H15N3O2. The van der Waals surface area contributed by atoms with Crippen LogP contribution >= 0.6 is 0 Å². The Bertz CT molecular complexity index is 308. The minimum absolute atomic E-state index is 0.284. The Morgan fingerprint density at radius 3 is 2.60 bits per heavy atom. The number of rotatable bonds is 4. The van der Waals surface area contributed by atoms with Crippen LogP contribution in [0.1, 0.15) is 13.8 Å². The van der Waals surface area contributed by atoms with Crippen LogP contribution in [0.25, 0.3) is 10.4 Å². The molecule has 0 spiro atoms. The van der Waals surface area contributed by atoms with Crippen LogP contribution in [-0.2, 0) is 9.47 Å². The lowest BCUT2D eigenvalue weighted by atomic mass is 10.1. The second kappa shape index (κ2) is 4.49. The standard InChI is InChI=1S/C10H15N3O2/c1-5-7(12-13-11)9-8(6-2)14-10(3,4)15-9/h5-9H,1-2H2,3-4H3/t7?,8-,9-/m1/s1. The third-order valence-electron chi connectivity index (χ3n) is 2.16. The van der Waals surface area contributed by atoms with Gasteiger partial charge in [-0.15, -0.1) is 13.2 Å². The van der Waals surface area contributed by atoms with Gasteiger partial charge in [0.15, 0.2) is 5.79 Å². The van der Waals surface area contributed by atoms with E-state index >= 15 is 0 Å². The van der Waals surface area contributed by atoms with E-state index in [0.717, 1.165) is 0 Å². The lowest BCUT2D eigenvalue weighted by molar-refractivity contribution is -0.143. The molecule has 3 atom stereocenters. The van der Waals surface area contributed by atoms with Crippen LogP contribution in [0.2, 0.25) is 0 Å². The number of ether oxygens (including phenoxy) is 2. The molecule has 0 saturated carbocycles. The van der Waals surface area contributed by atoms with E-state index in [0.29, 0.717) is 0 Å². The molecule has 0 radical (unpaired) electrons. The van der Waals surface area contributed by atoms with Crippen molar-refractivity contribution in [2.24, 2.45) is 5.11 Å². The zero-order chi connectivity index (χ0) is 11.5. The lowest BCUT2D eigenvalue weighted by Crippen LogP contribution is -2.31. The summed E-state index contributed by atoms with van der Waals surface area (Å²) < 4.78 is 11.2. The van der Waals surface area contributed by atoms with Crippen LogP contribution in [0.5, 0.6) is 0 Å². The molecule has 1 aliphatic rings. The van der Waals surface area contributed by atoms with Crippen molar-refractivity contribution in [1.29, 1.82) is 0 Å². The smallest absolute Gasteiger partial charge is 0.164 e. The van der Waals surface area contributed by atoms with Crippen LogP contribution in [0.4, 0.5) is 0 Å². The molecule has 5 heteroatoms. The van der Waals surface area contributed by atoms with E-state index in [2.05, 4.69) is 23.2 Å². The predicted molar refractivity (Wildman–Crippen MR) is 57.2 cm³/mol. The maximum absolute atomic E-state index is 8.41. The highest BCUT2D eigenvalue weighted by molar-refractivity contribution is 5.04. The van der Waals surface area contributed by atoms with Gasteiger partial charge in [-0.3, -0.25) is 0 Å². The van der Waals surface area contributed by atoms with Gasteiger partial charge in [0.1, 0.15) is 12.2 Å². The van der Waals surface area contributed by atoms with E-state index in [-0.39, 0.29) is 12.2 Å². The Morgan fingerprint density at radius 2 is 2.13 bits per heavy atom. The highest BCUT2D eigenvalue weighted by Crippen LogP contribution is 2.31. The predicted octanol–water partition coefficient (Wildman–Crippen LogP) is 2.56. The molecular weight excluding hydrogens is 194 g/mol. The summed E-state index contributed by atoms with van der Waals surface area (Å²) in [6, 6.07) is -0.445. The van der Waals surface area contributed by atoms with E-state index in [1.165, 1.54) is 0 Å². The normalized spacial score (nSPS) is 30.3. The Kier molecular flexibility index (Phi) is 3.52. The van der Waals surface area contributed by atoms with E-state index in [9.17, 15) is 0 Å². The SMILES string of the molecule is C=CC(N=[N+]=[N-])[C@H]1OC(C)(C)O[C@@H]1C=C. The first kappa shape index (κ1) is 11.8. The van der Waals surface area contributed by atoms with Crippen molar-refractivity contribution in [2.75, 3.05) is 0 Å². The average Bonchev–Trinajstić information content (AvgIpc) is 2.50. The van der Waals surface area contributed by atoms with Gasteiger partial charge < -0.3 is 9.47 Å². The van der Waals surface area contributed by atoms with Crippen molar-refractivity contribution in [1.82, 2.24) is 0 Å². The van der Waals surface area contributed by atoms with Crippen LogP contribution in [-0.4, -0.2) is 24.0 Å². The number of hydrogen-bond donors (Lipinski definition) is 0. The molecule has 1 aliphatic heterocycles. The van der Waals surface area contributed by atoms with E-state index in [1.54, 1.807) is 26.0 Å². The fraction of sp³-hybridized carbons (Fsp3) is 0.600. The molecule has 1 rings (SSSR count). The minimum atomic E-state index is -0.685. The van der Waals surface area contributed by atoms with Gasteiger partial charge in [-0.25, -0.2) is 0 Å². The Hall–Kier alpha value is -1.29. The lowest BCUT2D eigenvalue weighted by Gasteiger charge is -2.19. The first-order chi connectivity index (χ1) is 7.04. The highest BCUT2D eigenvalue weighted by Gasteiger charge is 2.42. The molecule has 0 aromatic rings. The largest absolute Gasteiger partial charge is 0.343 e. The van der Waals surface area contributed by atoms with E-state index in [1.807, 2.05) is 0 Å². The number of hydrogen-bond acceptors (Lipinski definition) is 3. The first-order valence-electron chi connectivity index (χ1n) is 4.69. The van der Waals surface area contributed by atoms with Crippen LogP contribution in [0.15, 0.2) is 30.4 Å². The molecule has 1 fully saturated rings. The molecule has 0 aromatic carbocycles. The summed E-state index contributed by atoms with van der Waals surface area (Å²) in [5.74, 6) is -0.685. The topological polar surface area (TPSA) is 67.2 Å². The van der Waals surface area contributed by atoms with Gasteiger partial charge in [0.05, 0.1) is 6.04 Å². The molecule has 0 aliphatic carbocycles. The Balaban J connectivity index is 2.87. The molecule has 1 unspecified atom stereocenters. The summed E-state index contributed by atoms with van der Waals surface area (Å²) >= 11 is 0. The van der Waals surface area contributed by atoms with Gasteiger partial charge in [0.2, 0.25) is 0 Å². The Labute approximate surface area is 89.0 Å². The van der Waals surface area contributed by atoms with Crippen molar-refractivity contribution in [3.63, 3.8) is 0 Å². The Morgan fingerprint density at radius 1 is 1.47 bits per heavy atom. The molecule has 1 saturated heterocycles. The van der Waals surface area contributed by atoms with Crippen LogP contribution in [0, 0.1) is 0 Å². The summed E-state index contributed by atoms with van der Waals surface area (Å²) in [4.78, 5) is 2.75. The fourth-order valence-corrected chi connectivity index (χ4v) is 1.57. The molecule has 0 N–H and O–H groups in total. The minimum Gasteiger partial charge on any atom is -0.343 e. The number of azide groups is 1. The van der Waals surface area contributed by atoms with Gasteiger partial charge in [-0.05, 0) is 19.4 Å². The van der Waals surface area contributed by atoms with E-state index < -0.39 is 11.8 Å². The fourth-order valence-electron chi connectivity index (χ4n) is 1.57. The van der Waals surface area contributed by atoms with Crippen molar-refractivity contribution in [3.05, 3.63) is 35.8 Å². The zero-order valence-corrected chi connectivity index (χ0v) is 8.96. The summed E-state index contributed by atoms with van der Waals surface area (Å²) in [5.41, 5.74) is 8.41. The molecule has 82 valence electrons. The average molecular weight is 209 g/mol. The quantitative estimate of drug-likeness (QED) is 0.309. The second-order valence-electron chi connectivity index (χ2n) is 3.73. The maximum atomic E-state index is 8.41. The summed E-state index contributed by atoms with van der Waals surface area (Å²) in [5, 5.41) is 3.60. The van der Waals surface area contributed by atoms with Crippen LogP contribution < -0.4 is 0 Å². The van der Waals surface area contributed by atoms with Crippen molar-refractivity contribution < 1.29 is 9.47 Å². The first-order valence-corrected chi connectivity index (χ1v) is 4.69. The van der Waals surface area contributed by atoms with Gasteiger partial charge in [-0.2, -0.15) is 0 Å². The highest BCUT2D eigenvalue weighted by atomic mass is 16.8. The molecule has 0 aromatic heterocycles. The van der Waals surface area contributed by atoms with Crippen LogP contribution in [0.3, 0.4) is 0 Å². The molecule has 15 heavy (non-hydrogen) atoms. The van der Waals surface area contributed by atoms with Gasteiger partial charge in [-0.1, -0.05) is 17.3 Å². The van der Waals surface area contributed by atoms with Crippen molar-refractivity contribution in [2.45, 2.75) is 37.9 Å². The van der Waals surface area contributed by atoms with Gasteiger partial charge in [0, 0.05) is 4.91 Å². The summed E-state index contributed by atoms with van der Waals surface area (Å²) in [6.07, 6.45) is 2.55. The summed E-state index contributed by atoms with van der Waals surface area (Å²) in [7, 11) is 0. The van der Waals surface area contributed by atoms with Gasteiger partial charge >= 0.3 is 0 Å². The van der Waals surface area contributed by atoms with Crippen molar-refractivity contribution >= 4 is 0 Å². The molecule has 0 amide bonds. The molecule has 5 nitrogen and oxygen atoms in total. The summed E-state index contributed by atoms with van der Waals surface area (Å²) in [6.45, 7) is 10.9. The van der Waals surface area contributed by atoms with E-state index in [4.69, 9.17) is 15.0 Å². The van der Waals surface area contributed by atoms with Crippen molar-refractivity contribution in [3.8, 4) is 0 Å². The molecule has 1 heterocycles. The van der Waals surface area contributed by atoms with Gasteiger partial charge in [0.25, 0.3) is 0 Å². The number of nitrogens with zero attached hydrogens (tertiary/aromatic N) is 3. The molecule has 0 bridgehead atoms. The maximum Gasteiger partial charge on any atom is 0.164 e. The second-order valence-corrected chi connectivity index (χ2v) is 3.73. The monoisotopic (exact) mass is 209 g/mol. The third kappa shape index (κ3) is 2.59. The third-order valence-corrected chi connectivity index (χ3v) is 2.16.